The number of aromatic hydroxyl groups is 1. The van der Waals surface area contributed by atoms with Gasteiger partial charge < -0.3 is 15.4 Å². The van der Waals surface area contributed by atoms with Crippen molar-refractivity contribution < 1.29 is 5.11 Å². The lowest BCUT2D eigenvalue weighted by Gasteiger charge is -2.02. The molecule has 0 aliphatic heterocycles. The Morgan fingerprint density at radius 1 is 1.47 bits per heavy atom. The van der Waals surface area contributed by atoms with Gasteiger partial charge in [0.15, 0.2) is 0 Å². The monoisotopic (exact) mass is 224 g/mol. The summed E-state index contributed by atoms with van der Waals surface area (Å²) >= 11 is 6.23. The Bertz CT molecular complexity index is 505. The molecule has 0 aliphatic carbocycles. The van der Waals surface area contributed by atoms with Gasteiger partial charge in [-0.1, -0.05) is 11.6 Å². The van der Waals surface area contributed by atoms with E-state index in [9.17, 15) is 5.11 Å². The zero-order valence-electron chi connectivity index (χ0n) is 8.50. The van der Waals surface area contributed by atoms with E-state index in [2.05, 4.69) is 0 Å². The van der Waals surface area contributed by atoms with Crippen molar-refractivity contribution >= 4 is 22.5 Å². The summed E-state index contributed by atoms with van der Waals surface area (Å²) < 4.78 is 2.02. The smallest absolute Gasteiger partial charge is 0.116 e. The number of hydrogen-bond donors (Lipinski definition) is 2. The van der Waals surface area contributed by atoms with Crippen LogP contribution in [0.3, 0.4) is 0 Å². The molecule has 0 bridgehead atoms. The standard InChI is InChI=1S/C11H13ClN2O/c1-14-9-3-2-7(15)6-8(9)11(12)10(14)4-5-13/h2-3,6,15H,4-5,13H2,1H3. The summed E-state index contributed by atoms with van der Waals surface area (Å²) in [5, 5.41) is 11.0. The average molecular weight is 225 g/mol. The summed E-state index contributed by atoms with van der Waals surface area (Å²) in [6, 6.07) is 5.19. The van der Waals surface area contributed by atoms with Crippen LogP contribution >= 0.6 is 11.6 Å². The van der Waals surface area contributed by atoms with Gasteiger partial charge in [0.25, 0.3) is 0 Å². The first kappa shape index (κ1) is 10.3. The van der Waals surface area contributed by atoms with Crippen molar-refractivity contribution in [3.05, 3.63) is 28.9 Å². The largest absolute Gasteiger partial charge is 0.508 e. The van der Waals surface area contributed by atoms with Crippen LogP contribution in [0.1, 0.15) is 5.69 Å². The highest BCUT2D eigenvalue weighted by Gasteiger charge is 2.12. The third-order valence-corrected chi connectivity index (χ3v) is 3.04. The number of phenolic OH excluding ortho intramolecular Hbond substituents is 1. The van der Waals surface area contributed by atoms with Crippen molar-refractivity contribution in [2.24, 2.45) is 12.8 Å². The number of fused-ring (bicyclic) bond motifs is 1. The fourth-order valence-electron chi connectivity index (χ4n) is 1.85. The third kappa shape index (κ3) is 1.58. The Morgan fingerprint density at radius 3 is 2.87 bits per heavy atom. The van der Waals surface area contributed by atoms with Gasteiger partial charge in [-0.05, 0) is 24.7 Å². The minimum absolute atomic E-state index is 0.231. The third-order valence-electron chi connectivity index (χ3n) is 2.62. The van der Waals surface area contributed by atoms with E-state index in [0.29, 0.717) is 11.6 Å². The Hall–Kier alpha value is -1.19. The Labute approximate surface area is 93.1 Å². The molecule has 0 spiro atoms. The van der Waals surface area contributed by atoms with Gasteiger partial charge in [0.1, 0.15) is 5.75 Å². The molecular formula is C11H13ClN2O. The van der Waals surface area contributed by atoms with Gasteiger partial charge in [0.2, 0.25) is 0 Å². The second-order valence-electron chi connectivity index (χ2n) is 3.56. The van der Waals surface area contributed by atoms with Gasteiger partial charge in [0, 0.05) is 30.1 Å². The number of rotatable bonds is 2. The number of aryl methyl sites for hydroxylation is 1. The summed E-state index contributed by atoms with van der Waals surface area (Å²) in [4.78, 5) is 0. The lowest BCUT2D eigenvalue weighted by atomic mass is 10.2. The SMILES string of the molecule is Cn1c(CCN)c(Cl)c2cc(O)ccc21. The first-order valence-electron chi connectivity index (χ1n) is 4.81. The number of phenols is 1. The molecule has 2 aromatic rings. The molecule has 80 valence electrons. The van der Waals surface area contributed by atoms with Crippen LogP contribution in [0.4, 0.5) is 0 Å². The van der Waals surface area contributed by atoms with Gasteiger partial charge >= 0.3 is 0 Å². The fourth-order valence-corrected chi connectivity index (χ4v) is 2.23. The molecule has 0 amide bonds. The topological polar surface area (TPSA) is 51.2 Å². The molecule has 15 heavy (non-hydrogen) atoms. The summed E-state index contributed by atoms with van der Waals surface area (Å²) in [7, 11) is 1.95. The van der Waals surface area contributed by atoms with E-state index >= 15 is 0 Å². The lowest BCUT2D eigenvalue weighted by Crippen LogP contribution is -2.06. The van der Waals surface area contributed by atoms with E-state index in [1.165, 1.54) is 0 Å². The molecule has 1 aromatic heterocycles. The molecule has 1 heterocycles. The van der Waals surface area contributed by atoms with Crippen molar-refractivity contribution in [3.8, 4) is 5.75 Å². The molecule has 0 radical (unpaired) electrons. The zero-order valence-corrected chi connectivity index (χ0v) is 9.25. The molecule has 3 nitrogen and oxygen atoms in total. The Morgan fingerprint density at radius 2 is 2.20 bits per heavy atom. The van der Waals surface area contributed by atoms with E-state index in [0.717, 1.165) is 23.0 Å². The van der Waals surface area contributed by atoms with Crippen LogP contribution in [-0.2, 0) is 13.5 Å². The maximum Gasteiger partial charge on any atom is 0.116 e. The molecule has 2 rings (SSSR count). The molecule has 0 saturated carbocycles. The van der Waals surface area contributed by atoms with Crippen molar-refractivity contribution in [1.29, 1.82) is 0 Å². The van der Waals surface area contributed by atoms with Crippen molar-refractivity contribution in [1.82, 2.24) is 4.57 Å². The number of nitrogens with two attached hydrogens (primary N) is 1. The minimum Gasteiger partial charge on any atom is -0.508 e. The second-order valence-corrected chi connectivity index (χ2v) is 3.94. The first-order chi connectivity index (χ1) is 7.15. The Kier molecular flexibility index (Phi) is 2.59. The van der Waals surface area contributed by atoms with E-state index in [-0.39, 0.29) is 5.75 Å². The van der Waals surface area contributed by atoms with Crippen LogP contribution in [0.15, 0.2) is 18.2 Å². The van der Waals surface area contributed by atoms with Crippen LogP contribution in [0, 0.1) is 0 Å². The van der Waals surface area contributed by atoms with Crippen molar-refractivity contribution in [3.63, 3.8) is 0 Å². The molecule has 4 heteroatoms. The molecule has 0 fully saturated rings. The van der Waals surface area contributed by atoms with E-state index in [1.807, 2.05) is 17.7 Å². The van der Waals surface area contributed by atoms with Gasteiger partial charge in [-0.15, -0.1) is 0 Å². The van der Waals surface area contributed by atoms with Crippen LogP contribution in [0.25, 0.3) is 10.9 Å². The second kappa shape index (κ2) is 3.76. The molecule has 0 saturated heterocycles. The number of aromatic nitrogens is 1. The van der Waals surface area contributed by atoms with Gasteiger partial charge in [-0.3, -0.25) is 0 Å². The summed E-state index contributed by atoms with van der Waals surface area (Å²) in [6.45, 7) is 0.565. The number of benzene rings is 1. The Balaban J connectivity index is 2.73. The molecule has 0 aliphatic rings. The lowest BCUT2D eigenvalue weighted by molar-refractivity contribution is 0.476. The highest BCUT2D eigenvalue weighted by atomic mass is 35.5. The maximum atomic E-state index is 9.39. The van der Waals surface area contributed by atoms with Crippen LogP contribution in [0.5, 0.6) is 5.75 Å². The van der Waals surface area contributed by atoms with Crippen LogP contribution in [-0.4, -0.2) is 16.2 Å². The van der Waals surface area contributed by atoms with E-state index in [1.54, 1.807) is 12.1 Å². The summed E-state index contributed by atoms with van der Waals surface area (Å²) in [5.74, 6) is 0.231. The van der Waals surface area contributed by atoms with Gasteiger partial charge in [0.05, 0.1) is 5.02 Å². The minimum atomic E-state index is 0.231. The number of nitrogens with zero attached hydrogens (tertiary/aromatic N) is 1. The molecule has 0 atom stereocenters. The normalized spacial score (nSPS) is 11.1. The molecule has 0 unspecified atom stereocenters. The maximum absolute atomic E-state index is 9.39. The molecular weight excluding hydrogens is 212 g/mol. The van der Waals surface area contributed by atoms with Crippen molar-refractivity contribution in [2.45, 2.75) is 6.42 Å². The number of halogens is 1. The first-order valence-corrected chi connectivity index (χ1v) is 5.18. The van der Waals surface area contributed by atoms with Gasteiger partial charge in [-0.25, -0.2) is 0 Å². The van der Waals surface area contributed by atoms with Crippen molar-refractivity contribution in [2.75, 3.05) is 6.54 Å². The zero-order chi connectivity index (χ0) is 11.0. The summed E-state index contributed by atoms with van der Waals surface area (Å²) in [5.41, 5.74) is 7.56. The van der Waals surface area contributed by atoms with Crippen LogP contribution < -0.4 is 5.73 Å². The molecule has 3 N–H and O–H groups in total. The van der Waals surface area contributed by atoms with E-state index < -0.39 is 0 Å². The van der Waals surface area contributed by atoms with Gasteiger partial charge in [-0.2, -0.15) is 0 Å². The van der Waals surface area contributed by atoms with E-state index in [4.69, 9.17) is 17.3 Å². The average Bonchev–Trinajstić information content (AvgIpc) is 2.44. The highest BCUT2D eigenvalue weighted by molar-refractivity contribution is 6.36. The summed E-state index contributed by atoms with van der Waals surface area (Å²) in [6.07, 6.45) is 0.741. The van der Waals surface area contributed by atoms with Crippen LogP contribution in [0.2, 0.25) is 5.02 Å². The fraction of sp³-hybridized carbons (Fsp3) is 0.273. The quantitative estimate of drug-likeness (QED) is 0.820. The molecule has 1 aromatic carbocycles. The predicted octanol–water partition coefficient (Wildman–Crippen LogP) is 2.04. The predicted molar refractivity (Wildman–Crippen MR) is 62.4 cm³/mol. The number of hydrogen-bond acceptors (Lipinski definition) is 2. The highest BCUT2D eigenvalue weighted by Crippen LogP contribution is 2.32.